The third-order valence-electron chi connectivity index (χ3n) is 4.44. The molecule has 7 nitrogen and oxygen atoms in total. The van der Waals surface area contributed by atoms with Gasteiger partial charge in [-0.25, -0.2) is 4.68 Å². The molecule has 8 heteroatoms. The molecule has 0 aliphatic carbocycles. The molecular formula is C21H18ClN5O2. The summed E-state index contributed by atoms with van der Waals surface area (Å²) in [4.78, 5) is 12.4. The molecule has 1 N–H and O–H groups in total. The first-order chi connectivity index (χ1) is 14.0. The lowest BCUT2D eigenvalue weighted by Crippen LogP contribution is -2.22. The van der Waals surface area contributed by atoms with Crippen molar-refractivity contribution in [3.8, 4) is 17.3 Å². The summed E-state index contributed by atoms with van der Waals surface area (Å²) < 4.78 is 7.12. The van der Waals surface area contributed by atoms with Crippen LogP contribution in [0.5, 0.6) is 0 Å². The van der Waals surface area contributed by atoms with Crippen LogP contribution < -0.4 is 5.32 Å². The van der Waals surface area contributed by atoms with Crippen molar-refractivity contribution in [2.45, 2.75) is 20.4 Å². The van der Waals surface area contributed by atoms with Gasteiger partial charge < -0.3 is 9.73 Å². The first kappa shape index (κ1) is 18.9. The lowest BCUT2D eigenvalue weighted by Gasteiger charge is -2.08. The molecule has 1 amide bonds. The van der Waals surface area contributed by atoms with Gasteiger partial charge in [0.2, 0.25) is 5.89 Å². The quantitative estimate of drug-likeness (QED) is 0.537. The first-order valence-corrected chi connectivity index (χ1v) is 9.39. The average Bonchev–Trinajstić information content (AvgIpc) is 3.30. The summed E-state index contributed by atoms with van der Waals surface area (Å²) in [6.45, 7) is 4.03. The minimum Gasteiger partial charge on any atom is -0.420 e. The molecule has 0 unspecified atom stereocenters. The van der Waals surface area contributed by atoms with Gasteiger partial charge >= 0.3 is 0 Å². The molecule has 29 heavy (non-hydrogen) atoms. The predicted octanol–water partition coefficient (Wildman–Crippen LogP) is 4.12. The Kier molecular flexibility index (Phi) is 5.14. The monoisotopic (exact) mass is 407 g/mol. The van der Waals surface area contributed by atoms with E-state index in [4.69, 9.17) is 16.0 Å². The van der Waals surface area contributed by atoms with Crippen LogP contribution in [0.15, 0.2) is 59.0 Å². The number of carbonyl (C=O) groups excluding carboxylic acids is 1. The fourth-order valence-electron chi connectivity index (χ4n) is 2.90. The topological polar surface area (TPSA) is 85.8 Å². The van der Waals surface area contributed by atoms with E-state index in [1.54, 1.807) is 23.7 Å². The molecule has 2 aromatic heterocycles. The number of nitrogens with zero attached hydrogens (tertiary/aromatic N) is 4. The van der Waals surface area contributed by atoms with Crippen LogP contribution in [-0.2, 0) is 6.54 Å². The van der Waals surface area contributed by atoms with Crippen LogP contribution in [0.1, 0.15) is 27.5 Å². The van der Waals surface area contributed by atoms with Gasteiger partial charge in [0, 0.05) is 19.0 Å². The van der Waals surface area contributed by atoms with Crippen LogP contribution in [-0.4, -0.2) is 25.9 Å². The second-order valence-corrected chi connectivity index (χ2v) is 6.88. The third-order valence-corrected chi connectivity index (χ3v) is 4.89. The number of halogens is 1. The van der Waals surface area contributed by atoms with Gasteiger partial charge in [-0.1, -0.05) is 41.9 Å². The van der Waals surface area contributed by atoms with Crippen molar-refractivity contribution < 1.29 is 9.21 Å². The van der Waals surface area contributed by atoms with Crippen molar-refractivity contribution in [2.24, 2.45) is 0 Å². The minimum atomic E-state index is -0.141. The highest BCUT2D eigenvalue weighted by atomic mass is 35.5. The molecule has 0 bridgehead atoms. The van der Waals surface area contributed by atoms with Gasteiger partial charge in [-0.15, -0.1) is 10.2 Å². The maximum Gasteiger partial charge on any atom is 0.269 e. The van der Waals surface area contributed by atoms with Crippen LogP contribution in [0, 0.1) is 13.8 Å². The molecule has 2 heterocycles. The molecule has 0 saturated carbocycles. The van der Waals surface area contributed by atoms with Crippen LogP contribution in [0.2, 0.25) is 5.02 Å². The van der Waals surface area contributed by atoms with Crippen LogP contribution in [0.25, 0.3) is 17.3 Å². The number of hydrogen-bond acceptors (Lipinski definition) is 5. The maximum absolute atomic E-state index is 12.4. The van der Waals surface area contributed by atoms with Crippen molar-refractivity contribution in [3.05, 3.63) is 82.3 Å². The van der Waals surface area contributed by atoms with Crippen LogP contribution in [0.4, 0.5) is 0 Å². The molecule has 0 saturated heterocycles. The second-order valence-electron chi connectivity index (χ2n) is 6.50. The van der Waals surface area contributed by atoms with E-state index in [0.717, 1.165) is 16.9 Å². The third kappa shape index (κ3) is 3.90. The lowest BCUT2D eigenvalue weighted by molar-refractivity contribution is 0.0951. The van der Waals surface area contributed by atoms with E-state index >= 15 is 0 Å². The standard InChI is InChI=1S/C21H18ClN5O2/c1-13-18(22)19(21-25-24-14(2)29-21)26-27(13)17-10-8-16(9-11-17)20(28)23-12-15-6-4-3-5-7-15/h3-11H,12H2,1-2H3,(H,23,28). The van der Waals surface area contributed by atoms with Crippen molar-refractivity contribution >= 4 is 17.5 Å². The Morgan fingerprint density at radius 1 is 1.07 bits per heavy atom. The van der Waals surface area contributed by atoms with Crippen molar-refractivity contribution in [1.29, 1.82) is 0 Å². The molecule has 4 aromatic rings. The van der Waals surface area contributed by atoms with Gasteiger partial charge in [0.05, 0.1) is 16.4 Å². The molecule has 2 aromatic carbocycles. The Morgan fingerprint density at radius 3 is 2.45 bits per heavy atom. The number of aromatic nitrogens is 4. The zero-order chi connectivity index (χ0) is 20.4. The predicted molar refractivity (Wildman–Crippen MR) is 109 cm³/mol. The Morgan fingerprint density at radius 2 is 1.79 bits per heavy atom. The highest BCUT2D eigenvalue weighted by Gasteiger charge is 2.20. The van der Waals surface area contributed by atoms with Gasteiger partial charge in [-0.2, -0.15) is 5.10 Å². The van der Waals surface area contributed by atoms with Gasteiger partial charge in [-0.05, 0) is 36.8 Å². The zero-order valence-electron chi connectivity index (χ0n) is 15.9. The smallest absolute Gasteiger partial charge is 0.269 e. The number of aryl methyl sites for hydroxylation is 1. The fraction of sp³-hybridized carbons (Fsp3) is 0.143. The molecule has 0 radical (unpaired) electrons. The Bertz CT molecular complexity index is 1150. The molecule has 4 rings (SSSR count). The van der Waals surface area contributed by atoms with Gasteiger partial charge in [0.1, 0.15) is 0 Å². The average molecular weight is 408 g/mol. The van der Waals surface area contributed by atoms with Crippen molar-refractivity contribution in [3.63, 3.8) is 0 Å². The number of rotatable bonds is 5. The SMILES string of the molecule is Cc1nnc(-c2nn(-c3ccc(C(=O)NCc4ccccc4)cc3)c(C)c2Cl)o1. The van der Waals surface area contributed by atoms with Crippen LogP contribution >= 0.6 is 11.6 Å². The summed E-state index contributed by atoms with van der Waals surface area (Å²) in [5.74, 6) is 0.568. The van der Waals surface area contributed by atoms with Gasteiger partial charge in [0.15, 0.2) is 5.69 Å². The molecular weight excluding hydrogens is 390 g/mol. The van der Waals surface area contributed by atoms with Crippen molar-refractivity contribution in [1.82, 2.24) is 25.3 Å². The maximum atomic E-state index is 12.4. The van der Waals surface area contributed by atoms with Gasteiger partial charge in [-0.3, -0.25) is 4.79 Å². The fourth-order valence-corrected chi connectivity index (χ4v) is 3.10. The number of carbonyl (C=O) groups is 1. The summed E-state index contributed by atoms with van der Waals surface area (Å²) in [6.07, 6.45) is 0. The number of nitrogens with one attached hydrogen (secondary N) is 1. The first-order valence-electron chi connectivity index (χ1n) is 9.01. The van der Waals surface area contributed by atoms with Gasteiger partial charge in [0.25, 0.3) is 11.8 Å². The molecule has 0 aliphatic rings. The Labute approximate surface area is 172 Å². The molecule has 0 atom stereocenters. The summed E-state index contributed by atoms with van der Waals surface area (Å²) in [6, 6.07) is 16.9. The Balaban J connectivity index is 1.53. The number of amides is 1. The van der Waals surface area contributed by atoms with E-state index in [1.807, 2.05) is 49.4 Å². The van der Waals surface area contributed by atoms with E-state index in [-0.39, 0.29) is 11.8 Å². The lowest BCUT2D eigenvalue weighted by atomic mass is 10.1. The summed E-state index contributed by atoms with van der Waals surface area (Å²) in [5, 5.41) is 15.7. The molecule has 146 valence electrons. The second kappa shape index (κ2) is 7.89. The number of hydrogen-bond donors (Lipinski definition) is 1. The molecule has 0 fully saturated rings. The Hall–Kier alpha value is -3.45. The number of benzene rings is 2. The molecule has 0 spiro atoms. The van der Waals surface area contributed by atoms with Crippen molar-refractivity contribution in [2.75, 3.05) is 0 Å². The van der Waals surface area contributed by atoms with E-state index in [9.17, 15) is 4.79 Å². The summed E-state index contributed by atoms with van der Waals surface area (Å²) in [7, 11) is 0. The summed E-state index contributed by atoms with van der Waals surface area (Å²) >= 11 is 6.41. The highest BCUT2D eigenvalue weighted by molar-refractivity contribution is 6.33. The molecule has 0 aliphatic heterocycles. The normalized spacial score (nSPS) is 10.9. The van der Waals surface area contributed by atoms with E-state index in [0.29, 0.717) is 28.7 Å². The zero-order valence-corrected chi connectivity index (χ0v) is 16.6. The van der Waals surface area contributed by atoms with E-state index < -0.39 is 0 Å². The van der Waals surface area contributed by atoms with E-state index in [1.165, 1.54) is 0 Å². The summed E-state index contributed by atoms with van der Waals surface area (Å²) in [5.41, 5.74) is 3.54. The minimum absolute atomic E-state index is 0.141. The largest absolute Gasteiger partial charge is 0.420 e. The van der Waals surface area contributed by atoms with Crippen LogP contribution in [0.3, 0.4) is 0 Å². The highest BCUT2D eigenvalue weighted by Crippen LogP contribution is 2.30. The van der Waals surface area contributed by atoms with E-state index in [2.05, 4.69) is 20.6 Å².